The van der Waals surface area contributed by atoms with E-state index in [0.717, 1.165) is 5.56 Å². The molecule has 132 valence electrons. The minimum absolute atomic E-state index is 0.0751. The quantitative estimate of drug-likeness (QED) is 0.753. The lowest BCUT2D eigenvalue weighted by atomic mass is 10.0. The van der Waals surface area contributed by atoms with Gasteiger partial charge < -0.3 is 10.1 Å². The highest BCUT2D eigenvalue weighted by molar-refractivity contribution is 5.94. The van der Waals surface area contributed by atoms with Crippen LogP contribution in [0.5, 0.6) is 0 Å². The van der Waals surface area contributed by atoms with Gasteiger partial charge in [0.2, 0.25) is 5.91 Å². The van der Waals surface area contributed by atoms with Crippen molar-refractivity contribution in [2.24, 2.45) is 0 Å². The molecule has 0 unspecified atom stereocenters. The molecular formula is C21H25NO3. The van der Waals surface area contributed by atoms with Gasteiger partial charge in [-0.1, -0.05) is 44.2 Å². The molecule has 25 heavy (non-hydrogen) atoms. The molecule has 0 saturated carbocycles. The summed E-state index contributed by atoms with van der Waals surface area (Å²) in [6.07, 6.45) is 1.08. The molecule has 0 aliphatic carbocycles. The van der Waals surface area contributed by atoms with Gasteiger partial charge in [0.1, 0.15) is 0 Å². The van der Waals surface area contributed by atoms with E-state index in [0.29, 0.717) is 36.6 Å². The lowest BCUT2D eigenvalue weighted by molar-refractivity contribution is -0.116. The fraction of sp³-hybridized carbons (Fsp3) is 0.333. The number of ether oxygens (including phenoxy) is 1. The standard InChI is InChI=1S/C21H25NO3/c1-4-25-21(24)18-6-5-7-19(14-18)22-20(23)13-10-16-8-11-17(12-9-16)15(2)3/h5-9,11-12,14-15H,4,10,13H2,1-3H3,(H,22,23). The van der Waals surface area contributed by atoms with Gasteiger partial charge >= 0.3 is 5.97 Å². The summed E-state index contributed by atoms with van der Waals surface area (Å²) in [5.74, 6) is 0.0433. The SMILES string of the molecule is CCOC(=O)c1cccc(NC(=O)CCc2ccc(C(C)C)cc2)c1. The van der Waals surface area contributed by atoms with Gasteiger partial charge in [0, 0.05) is 12.1 Å². The fourth-order valence-electron chi connectivity index (χ4n) is 2.49. The van der Waals surface area contributed by atoms with E-state index in [1.54, 1.807) is 31.2 Å². The number of carbonyl (C=O) groups excluding carboxylic acids is 2. The van der Waals surface area contributed by atoms with Gasteiger partial charge in [-0.2, -0.15) is 0 Å². The van der Waals surface area contributed by atoms with Crippen molar-refractivity contribution in [3.05, 3.63) is 65.2 Å². The molecule has 2 aromatic carbocycles. The van der Waals surface area contributed by atoms with Crippen molar-refractivity contribution < 1.29 is 14.3 Å². The average Bonchev–Trinajstić information content (AvgIpc) is 2.61. The van der Waals surface area contributed by atoms with Gasteiger partial charge in [0.05, 0.1) is 12.2 Å². The minimum Gasteiger partial charge on any atom is -0.462 e. The van der Waals surface area contributed by atoms with E-state index >= 15 is 0 Å². The van der Waals surface area contributed by atoms with Crippen molar-refractivity contribution in [3.63, 3.8) is 0 Å². The number of amides is 1. The minimum atomic E-state index is -0.385. The van der Waals surface area contributed by atoms with Crippen molar-refractivity contribution in [1.29, 1.82) is 0 Å². The number of nitrogens with one attached hydrogen (secondary N) is 1. The zero-order chi connectivity index (χ0) is 18.2. The van der Waals surface area contributed by atoms with Gasteiger partial charge in [0.15, 0.2) is 0 Å². The Kier molecular flexibility index (Phi) is 6.75. The van der Waals surface area contributed by atoms with E-state index in [-0.39, 0.29) is 11.9 Å². The summed E-state index contributed by atoms with van der Waals surface area (Å²) in [6.45, 7) is 6.40. The third-order valence-corrected chi connectivity index (χ3v) is 3.94. The second-order valence-corrected chi connectivity index (χ2v) is 6.25. The lowest BCUT2D eigenvalue weighted by Gasteiger charge is -2.09. The molecular weight excluding hydrogens is 314 g/mol. The highest BCUT2D eigenvalue weighted by Gasteiger charge is 2.09. The number of hydrogen-bond acceptors (Lipinski definition) is 3. The molecule has 0 atom stereocenters. The average molecular weight is 339 g/mol. The summed E-state index contributed by atoms with van der Waals surface area (Å²) in [5.41, 5.74) is 3.47. The molecule has 0 fully saturated rings. The van der Waals surface area contributed by atoms with E-state index in [1.165, 1.54) is 5.56 Å². The third-order valence-electron chi connectivity index (χ3n) is 3.94. The van der Waals surface area contributed by atoms with Gasteiger partial charge in [-0.3, -0.25) is 4.79 Å². The Labute approximate surface area is 149 Å². The Bertz CT molecular complexity index is 720. The van der Waals surface area contributed by atoms with E-state index in [1.807, 2.05) is 0 Å². The summed E-state index contributed by atoms with van der Waals surface area (Å²) in [5, 5.41) is 2.83. The summed E-state index contributed by atoms with van der Waals surface area (Å²) < 4.78 is 4.97. The molecule has 4 nitrogen and oxygen atoms in total. The smallest absolute Gasteiger partial charge is 0.338 e. The van der Waals surface area contributed by atoms with Gasteiger partial charge in [0.25, 0.3) is 0 Å². The first-order valence-corrected chi connectivity index (χ1v) is 8.65. The Balaban J connectivity index is 1.89. The van der Waals surface area contributed by atoms with Gasteiger partial charge in [-0.15, -0.1) is 0 Å². The molecule has 0 radical (unpaired) electrons. The number of benzene rings is 2. The summed E-state index contributed by atoms with van der Waals surface area (Å²) in [4.78, 5) is 23.9. The van der Waals surface area contributed by atoms with E-state index in [2.05, 4.69) is 43.4 Å². The van der Waals surface area contributed by atoms with Crippen LogP contribution in [-0.4, -0.2) is 18.5 Å². The third kappa shape index (κ3) is 5.75. The maximum Gasteiger partial charge on any atom is 0.338 e. The molecule has 2 aromatic rings. The molecule has 1 N–H and O–H groups in total. The first-order chi connectivity index (χ1) is 12.0. The predicted octanol–water partition coefficient (Wildman–Crippen LogP) is 4.56. The van der Waals surface area contributed by atoms with Crippen LogP contribution < -0.4 is 5.32 Å². The molecule has 2 rings (SSSR count). The van der Waals surface area contributed by atoms with Crippen LogP contribution in [0.1, 0.15) is 54.6 Å². The second kappa shape index (κ2) is 9.02. The highest BCUT2D eigenvalue weighted by Crippen LogP contribution is 2.16. The van der Waals surface area contributed by atoms with E-state index in [9.17, 15) is 9.59 Å². The molecule has 0 aliphatic rings. The predicted molar refractivity (Wildman–Crippen MR) is 99.9 cm³/mol. The van der Waals surface area contributed by atoms with Crippen LogP contribution >= 0.6 is 0 Å². The Morgan fingerprint density at radius 2 is 1.80 bits per heavy atom. The van der Waals surface area contributed by atoms with Crippen LogP contribution in [0.2, 0.25) is 0 Å². The largest absolute Gasteiger partial charge is 0.462 e. The van der Waals surface area contributed by atoms with Crippen molar-refractivity contribution in [2.45, 2.75) is 39.5 Å². The fourth-order valence-corrected chi connectivity index (χ4v) is 2.49. The van der Waals surface area contributed by atoms with Crippen molar-refractivity contribution in [3.8, 4) is 0 Å². The zero-order valence-electron chi connectivity index (χ0n) is 15.0. The van der Waals surface area contributed by atoms with Crippen LogP contribution in [-0.2, 0) is 16.0 Å². The summed E-state index contributed by atoms with van der Waals surface area (Å²) >= 11 is 0. The van der Waals surface area contributed by atoms with Crippen LogP contribution in [0.4, 0.5) is 5.69 Å². The highest BCUT2D eigenvalue weighted by atomic mass is 16.5. The Morgan fingerprint density at radius 1 is 1.08 bits per heavy atom. The summed E-state index contributed by atoms with van der Waals surface area (Å²) in [7, 11) is 0. The Hall–Kier alpha value is -2.62. The number of anilines is 1. The number of aryl methyl sites for hydroxylation is 1. The van der Waals surface area contributed by atoms with Crippen molar-refractivity contribution in [2.75, 3.05) is 11.9 Å². The normalized spacial score (nSPS) is 10.6. The zero-order valence-corrected chi connectivity index (χ0v) is 15.0. The number of rotatable bonds is 7. The molecule has 4 heteroatoms. The van der Waals surface area contributed by atoms with Crippen LogP contribution in [0, 0.1) is 0 Å². The van der Waals surface area contributed by atoms with Crippen LogP contribution in [0.25, 0.3) is 0 Å². The molecule has 0 spiro atoms. The Morgan fingerprint density at radius 3 is 2.44 bits per heavy atom. The first-order valence-electron chi connectivity index (χ1n) is 8.65. The maximum absolute atomic E-state index is 12.1. The van der Waals surface area contributed by atoms with Gasteiger partial charge in [-0.25, -0.2) is 4.79 Å². The monoisotopic (exact) mass is 339 g/mol. The molecule has 0 aromatic heterocycles. The van der Waals surface area contributed by atoms with E-state index < -0.39 is 0 Å². The van der Waals surface area contributed by atoms with Crippen LogP contribution in [0.3, 0.4) is 0 Å². The van der Waals surface area contributed by atoms with Crippen molar-refractivity contribution >= 4 is 17.6 Å². The lowest BCUT2D eigenvalue weighted by Crippen LogP contribution is -2.13. The molecule has 0 saturated heterocycles. The summed E-state index contributed by atoms with van der Waals surface area (Å²) in [6, 6.07) is 15.2. The topological polar surface area (TPSA) is 55.4 Å². The molecule has 0 heterocycles. The number of esters is 1. The molecule has 0 bridgehead atoms. The first kappa shape index (κ1) is 18.7. The van der Waals surface area contributed by atoms with E-state index in [4.69, 9.17) is 4.74 Å². The maximum atomic E-state index is 12.1. The van der Waals surface area contributed by atoms with Crippen LogP contribution in [0.15, 0.2) is 48.5 Å². The van der Waals surface area contributed by atoms with Crippen molar-refractivity contribution in [1.82, 2.24) is 0 Å². The second-order valence-electron chi connectivity index (χ2n) is 6.25. The molecule has 1 amide bonds. The number of hydrogen-bond donors (Lipinski definition) is 1. The molecule has 0 aliphatic heterocycles. The van der Waals surface area contributed by atoms with Gasteiger partial charge in [-0.05, 0) is 48.6 Å². The number of carbonyl (C=O) groups is 2.